The summed E-state index contributed by atoms with van der Waals surface area (Å²) in [6.07, 6.45) is 1.58. The average molecular weight is 376 g/mol. The SMILES string of the molecule is COc1cc(NC(=O)c2cnc(-c3cccs3)s2)cc(OC)c1OC. The minimum atomic E-state index is -0.241. The van der Waals surface area contributed by atoms with E-state index in [2.05, 4.69) is 10.3 Å². The fourth-order valence-corrected chi connectivity index (χ4v) is 3.85. The van der Waals surface area contributed by atoms with Gasteiger partial charge in [-0.3, -0.25) is 4.79 Å². The first-order valence-corrected chi connectivity index (χ1v) is 8.97. The van der Waals surface area contributed by atoms with E-state index in [1.54, 1.807) is 29.7 Å². The molecule has 0 unspecified atom stereocenters. The number of hydrogen-bond acceptors (Lipinski definition) is 7. The molecular weight excluding hydrogens is 360 g/mol. The van der Waals surface area contributed by atoms with Crippen molar-refractivity contribution in [2.24, 2.45) is 0 Å². The molecule has 0 aliphatic rings. The molecule has 1 amide bonds. The summed E-state index contributed by atoms with van der Waals surface area (Å²) < 4.78 is 15.9. The Morgan fingerprint density at radius 1 is 1.12 bits per heavy atom. The number of carbonyl (C=O) groups excluding carboxylic acids is 1. The van der Waals surface area contributed by atoms with Gasteiger partial charge in [0.25, 0.3) is 5.91 Å². The van der Waals surface area contributed by atoms with E-state index in [-0.39, 0.29) is 5.91 Å². The Morgan fingerprint density at radius 3 is 2.40 bits per heavy atom. The molecule has 6 nitrogen and oxygen atoms in total. The largest absolute Gasteiger partial charge is 0.493 e. The van der Waals surface area contributed by atoms with Crippen molar-refractivity contribution in [1.29, 1.82) is 0 Å². The predicted octanol–water partition coefficient (Wildman–Crippen LogP) is 4.15. The van der Waals surface area contributed by atoms with E-state index in [0.717, 1.165) is 9.88 Å². The van der Waals surface area contributed by atoms with Crippen molar-refractivity contribution < 1.29 is 19.0 Å². The van der Waals surface area contributed by atoms with Gasteiger partial charge in [-0.25, -0.2) is 4.98 Å². The monoisotopic (exact) mass is 376 g/mol. The lowest BCUT2D eigenvalue weighted by Gasteiger charge is -2.14. The first-order valence-electron chi connectivity index (χ1n) is 7.27. The third kappa shape index (κ3) is 3.59. The van der Waals surface area contributed by atoms with Crippen LogP contribution < -0.4 is 19.5 Å². The lowest BCUT2D eigenvalue weighted by Crippen LogP contribution is -2.10. The van der Waals surface area contributed by atoms with Gasteiger partial charge >= 0.3 is 0 Å². The number of benzene rings is 1. The fraction of sp³-hybridized carbons (Fsp3) is 0.176. The molecule has 3 rings (SSSR count). The highest BCUT2D eigenvalue weighted by Gasteiger charge is 2.17. The van der Waals surface area contributed by atoms with Crippen molar-refractivity contribution in [2.75, 3.05) is 26.6 Å². The molecule has 0 atom stereocenters. The molecule has 25 heavy (non-hydrogen) atoms. The number of methoxy groups -OCH3 is 3. The van der Waals surface area contributed by atoms with Crippen molar-refractivity contribution >= 4 is 34.3 Å². The minimum Gasteiger partial charge on any atom is -0.493 e. The Hall–Kier alpha value is -2.58. The molecule has 2 aromatic heterocycles. The summed E-state index contributed by atoms with van der Waals surface area (Å²) in [5.41, 5.74) is 0.547. The third-order valence-corrected chi connectivity index (χ3v) is 5.42. The normalized spacial score (nSPS) is 10.4. The number of thiophene rings is 1. The lowest BCUT2D eigenvalue weighted by molar-refractivity contribution is 0.103. The first-order chi connectivity index (χ1) is 12.2. The highest BCUT2D eigenvalue weighted by atomic mass is 32.1. The van der Waals surface area contributed by atoms with E-state index in [4.69, 9.17) is 14.2 Å². The number of nitrogens with zero attached hydrogens (tertiary/aromatic N) is 1. The summed E-state index contributed by atoms with van der Waals surface area (Å²) in [6, 6.07) is 7.29. The molecule has 0 radical (unpaired) electrons. The van der Waals surface area contributed by atoms with Gasteiger partial charge in [-0.05, 0) is 11.4 Å². The molecule has 3 aromatic rings. The highest BCUT2D eigenvalue weighted by Crippen LogP contribution is 2.40. The van der Waals surface area contributed by atoms with Crippen molar-refractivity contribution in [3.05, 3.63) is 40.7 Å². The van der Waals surface area contributed by atoms with Crippen molar-refractivity contribution in [3.8, 4) is 27.1 Å². The van der Waals surface area contributed by atoms with Crippen LogP contribution in [0.5, 0.6) is 17.2 Å². The molecule has 2 heterocycles. The molecule has 0 saturated heterocycles. The van der Waals surface area contributed by atoms with Gasteiger partial charge in [-0.15, -0.1) is 22.7 Å². The van der Waals surface area contributed by atoms with E-state index in [1.807, 2.05) is 17.5 Å². The maximum Gasteiger partial charge on any atom is 0.267 e. The summed E-state index contributed by atoms with van der Waals surface area (Å²) in [5, 5.41) is 5.64. The van der Waals surface area contributed by atoms with Crippen LogP contribution >= 0.6 is 22.7 Å². The summed E-state index contributed by atoms with van der Waals surface area (Å²) in [7, 11) is 4.58. The van der Waals surface area contributed by atoms with Crippen molar-refractivity contribution in [2.45, 2.75) is 0 Å². The van der Waals surface area contributed by atoms with Gasteiger partial charge < -0.3 is 19.5 Å². The Labute approximate surface area is 153 Å². The average Bonchev–Trinajstić information content (AvgIpc) is 3.31. The molecule has 1 N–H and O–H groups in total. The second-order valence-electron chi connectivity index (χ2n) is 4.88. The van der Waals surface area contributed by atoms with E-state index in [1.165, 1.54) is 32.7 Å². The van der Waals surface area contributed by atoms with Crippen LogP contribution in [0.3, 0.4) is 0 Å². The number of rotatable bonds is 6. The minimum absolute atomic E-state index is 0.241. The summed E-state index contributed by atoms with van der Waals surface area (Å²) in [4.78, 5) is 18.4. The molecule has 130 valence electrons. The van der Waals surface area contributed by atoms with Gasteiger partial charge in [0.2, 0.25) is 5.75 Å². The Balaban J connectivity index is 1.83. The van der Waals surface area contributed by atoms with Gasteiger partial charge in [-0.2, -0.15) is 0 Å². The van der Waals surface area contributed by atoms with Crippen LogP contribution in [0.2, 0.25) is 0 Å². The first kappa shape index (κ1) is 17.2. The smallest absolute Gasteiger partial charge is 0.267 e. The van der Waals surface area contributed by atoms with Crippen molar-refractivity contribution in [3.63, 3.8) is 0 Å². The Kier molecular flexibility index (Phi) is 5.20. The maximum atomic E-state index is 12.5. The third-order valence-electron chi connectivity index (χ3n) is 3.38. The summed E-state index contributed by atoms with van der Waals surface area (Å²) in [5.74, 6) is 1.18. The maximum absolute atomic E-state index is 12.5. The van der Waals surface area contributed by atoms with E-state index < -0.39 is 0 Å². The van der Waals surface area contributed by atoms with E-state index in [0.29, 0.717) is 27.8 Å². The molecule has 0 fully saturated rings. The van der Waals surface area contributed by atoms with E-state index in [9.17, 15) is 4.79 Å². The number of carbonyl (C=O) groups is 1. The Morgan fingerprint density at radius 2 is 1.84 bits per heavy atom. The summed E-state index contributed by atoms with van der Waals surface area (Å²) in [6.45, 7) is 0. The number of ether oxygens (including phenoxy) is 3. The highest BCUT2D eigenvalue weighted by molar-refractivity contribution is 7.22. The fourth-order valence-electron chi connectivity index (χ4n) is 2.24. The van der Waals surface area contributed by atoms with Crippen molar-refractivity contribution in [1.82, 2.24) is 4.98 Å². The number of anilines is 1. The zero-order valence-corrected chi connectivity index (χ0v) is 15.5. The number of aromatic nitrogens is 1. The van der Waals surface area contributed by atoms with E-state index >= 15 is 0 Å². The van der Waals surface area contributed by atoms with Gasteiger partial charge in [-0.1, -0.05) is 6.07 Å². The van der Waals surface area contributed by atoms with Crippen LogP contribution in [0.25, 0.3) is 9.88 Å². The van der Waals surface area contributed by atoms with Crippen LogP contribution in [0.4, 0.5) is 5.69 Å². The van der Waals surface area contributed by atoms with Gasteiger partial charge in [0.15, 0.2) is 11.5 Å². The molecular formula is C17H16N2O4S2. The predicted molar refractivity (Wildman–Crippen MR) is 99.5 cm³/mol. The quantitative estimate of drug-likeness (QED) is 0.700. The topological polar surface area (TPSA) is 69.7 Å². The van der Waals surface area contributed by atoms with Crippen LogP contribution in [0.1, 0.15) is 9.67 Å². The van der Waals surface area contributed by atoms with Gasteiger partial charge in [0, 0.05) is 17.8 Å². The zero-order chi connectivity index (χ0) is 17.8. The zero-order valence-electron chi connectivity index (χ0n) is 13.9. The lowest BCUT2D eigenvalue weighted by atomic mass is 10.2. The van der Waals surface area contributed by atoms with Crippen LogP contribution in [0.15, 0.2) is 35.8 Å². The summed E-state index contributed by atoms with van der Waals surface area (Å²) >= 11 is 2.93. The second kappa shape index (κ2) is 7.54. The van der Waals surface area contributed by atoms with Gasteiger partial charge in [0.1, 0.15) is 9.88 Å². The number of thiazole rings is 1. The number of hydrogen-bond donors (Lipinski definition) is 1. The molecule has 0 bridgehead atoms. The number of nitrogens with one attached hydrogen (secondary N) is 1. The molecule has 8 heteroatoms. The van der Waals surface area contributed by atoms with Crippen LogP contribution in [-0.4, -0.2) is 32.2 Å². The Bertz CT molecular complexity index is 850. The molecule has 0 spiro atoms. The molecule has 0 aliphatic carbocycles. The van der Waals surface area contributed by atoms with Crippen LogP contribution in [-0.2, 0) is 0 Å². The van der Waals surface area contributed by atoms with Crippen LogP contribution in [0, 0.1) is 0 Å². The molecule has 0 aliphatic heterocycles. The van der Waals surface area contributed by atoms with Gasteiger partial charge in [0.05, 0.1) is 32.4 Å². The molecule has 1 aromatic carbocycles. The second-order valence-corrected chi connectivity index (χ2v) is 6.85. The number of amides is 1. The molecule has 0 saturated carbocycles. The standard InChI is InChI=1S/C17H16N2O4S2/c1-21-11-7-10(8-12(22-2)15(11)23-3)19-16(20)14-9-18-17(25-14)13-5-4-6-24-13/h4-9H,1-3H3,(H,19,20).